The SMILES string of the molecule is C[C@H](Oc1ccccc1)C(=O)[O-].O=C(O)[C@@H]1CCCC[NH2+]1. The molecule has 21 heavy (non-hydrogen) atoms. The molecule has 1 heterocycles. The summed E-state index contributed by atoms with van der Waals surface area (Å²) in [6.07, 6.45) is 2.18. The quantitative estimate of drug-likeness (QED) is 0.771. The number of carbonyl (C=O) groups is 2. The highest BCUT2D eigenvalue weighted by atomic mass is 16.5. The second-order valence-corrected chi connectivity index (χ2v) is 4.86. The summed E-state index contributed by atoms with van der Waals surface area (Å²) in [6, 6.07) is 8.61. The van der Waals surface area contributed by atoms with Crippen molar-refractivity contribution in [3.8, 4) is 5.75 Å². The Morgan fingerprint density at radius 2 is 2.00 bits per heavy atom. The Bertz CT molecular complexity index is 443. The number of para-hydroxylation sites is 1. The molecule has 1 aromatic rings. The molecule has 2 atom stereocenters. The summed E-state index contributed by atoms with van der Waals surface area (Å²) in [5, 5.41) is 20.7. The first kappa shape index (κ1) is 17.0. The average molecular weight is 295 g/mol. The molecule has 0 aromatic heterocycles. The van der Waals surface area contributed by atoms with Crippen LogP contribution in [0, 0.1) is 0 Å². The van der Waals surface area contributed by atoms with Crippen molar-refractivity contribution in [1.82, 2.24) is 0 Å². The highest BCUT2D eigenvalue weighted by molar-refractivity contribution is 5.71. The maximum absolute atomic E-state index is 10.3. The van der Waals surface area contributed by atoms with Crippen molar-refractivity contribution in [3.63, 3.8) is 0 Å². The zero-order chi connectivity index (χ0) is 15.7. The van der Waals surface area contributed by atoms with Gasteiger partial charge in [-0.25, -0.2) is 4.79 Å². The number of hydrogen-bond acceptors (Lipinski definition) is 4. The van der Waals surface area contributed by atoms with Crippen LogP contribution in [0.4, 0.5) is 0 Å². The molecule has 1 aliphatic rings. The lowest BCUT2D eigenvalue weighted by Gasteiger charge is -2.15. The van der Waals surface area contributed by atoms with Crippen LogP contribution in [0.15, 0.2) is 30.3 Å². The number of carbonyl (C=O) groups excluding carboxylic acids is 1. The predicted molar refractivity (Wildman–Crippen MR) is 73.6 cm³/mol. The van der Waals surface area contributed by atoms with Gasteiger partial charge in [0.15, 0.2) is 6.04 Å². The summed E-state index contributed by atoms with van der Waals surface area (Å²) in [6.45, 7) is 2.42. The monoisotopic (exact) mass is 295 g/mol. The van der Waals surface area contributed by atoms with Crippen molar-refractivity contribution in [3.05, 3.63) is 30.3 Å². The molecule has 6 heteroatoms. The number of rotatable bonds is 4. The van der Waals surface area contributed by atoms with Crippen LogP contribution in [0.2, 0.25) is 0 Å². The number of carboxylic acid groups (broad SMARTS) is 2. The van der Waals surface area contributed by atoms with Gasteiger partial charge >= 0.3 is 5.97 Å². The molecular weight excluding hydrogens is 274 g/mol. The molecule has 116 valence electrons. The van der Waals surface area contributed by atoms with Crippen LogP contribution in [0.1, 0.15) is 26.2 Å². The first-order valence-corrected chi connectivity index (χ1v) is 6.99. The van der Waals surface area contributed by atoms with Crippen molar-refractivity contribution in [1.29, 1.82) is 0 Å². The largest absolute Gasteiger partial charge is 0.546 e. The number of quaternary nitrogens is 1. The summed E-state index contributed by atoms with van der Waals surface area (Å²) in [7, 11) is 0. The number of piperidine rings is 1. The fourth-order valence-corrected chi connectivity index (χ4v) is 1.92. The number of nitrogens with two attached hydrogens (primary N) is 1. The number of aliphatic carboxylic acids is 2. The van der Waals surface area contributed by atoms with Crippen molar-refractivity contribution in [2.45, 2.75) is 38.3 Å². The number of ether oxygens (including phenoxy) is 1. The van der Waals surface area contributed by atoms with Crippen LogP contribution >= 0.6 is 0 Å². The van der Waals surface area contributed by atoms with Crippen LogP contribution in [0.5, 0.6) is 5.75 Å². The molecule has 1 aliphatic heterocycles. The molecule has 6 nitrogen and oxygen atoms in total. The van der Waals surface area contributed by atoms with E-state index in [1.54, 1.807) is 24.3 Å². The fraction of sp³-hybridized carbons (Fsp3) is 0.467. The van der Waals surface area contributed by atoms with Crippen LogP contribution in [0.3, 0.4) is 0 Å². The second-order valence-electron chi connectivity index (χ2n) is 4.86. The minimum atomic E-state index is -1.21. The van der Waals surface area contributed by atoms with Gasteiger partial charge in [0.05, 0.1) is 12.5 Å². The summed E-state index contributed by atoms with van der Waals surface area (Å²) in [5.74, 6) is -1.33. The Balaban J connectivity index is 0.000000219. The molecule has 0 unspecified atom stereocenters. The molecule has 1 aromatic carbocycles. The van der Waals surface area contributed by atoms with E-state index in [4.69, 9.17) is 9.84 Å². The van der Waals surface area contributed by atoms with E-state index in [0.29, 0.717) is 5.75 Å². The standard InChI is InChI=1S/C9H10O3.C6H11NO2/c1-7(9(10)11)12-8-5-3-2-4-6-8;8-6(9)5-3-1-2-4-7-5/h2-7H,1H3,(H,10,11);5,7H,1-4H2,(H,8,9)/t7-;5-/m00/s1. The van der Waals surface area contributed by atoms with Crippen molar-refractivity contribution < 1.29 is 29.9 Å². The third-order valence-electron chi connectivity index (χ3n) is 3.13. The maximum Gasteiger partial charge on any atom is 0.362 e. The molecule has 0 spiro atoms. The first-order valence-electron chi connectivity index (χ1n) is 6.99. The van der Waals surface area contributed by atoms with E-state index in [9.17, 15) is 14.7 Å². The van der Waals surface area contributed by atoms with Crippen LogP contribution < -0.4 is 15.2 Å². The molecule has 0 amide bonds. The van der Waals surface area contributed by atoms with Gasteiger partial charge in [0, 0.05) is 6.42 Å². The molecule has 0 saturated carbocycles. The third-order valence-corrected chi connectivity index (χ3v) is 3.13. The van der Waals surface area contributed by atoms with Crippen LogP contribution in [-0.2, 0) is 9.59 Å². The highest BCUT2D eigenvalue weighted by Crippen LogP contribution is 2.10. The lowest BCUT2D eigenvalue weighted by atomic mass is 10.1. The molecule has 3 N–H and O–H groups in total. The van der Waals surface area contributed by atoms with Crippen LogP contribution in [-0.4, -0.2) is 35.7 Å². The Morgan fingerprint density at radius 3 is 2.43 bits per heavy atom. The van der Waals surface area contributed by atoms with E-state index >= 15 is 0 Å². The lowest BCUT2D eigenvalue weighted by Crippen LogP contribution is -2.93. The molecular formula is C15H21NO5. The van der Waals surface area contributed by atoms with Gasteiger partial charge in [-0.15, -0.1) is 0 Å². The highest BCUT2D eigenvalue weighted by Gasteiger charge is 2.22. The van der Waals surface area contributed by atoms with E-state index < -0.39 is 18.0 Å². The van der Waals surface area contributed by atoms with Crippen LogP contribution in [0.25, 0.3) is 0 Å². The molecule has 2 rings (SSSR count). The van der Waals surface area contributed by atoms with E-state index in [2.05, 4.69) is 0 Å². The van der Waals surface area contributed by atoms with Gasteiger partial charge in [0.1, 0.15) is 11.9 Å². The maximum atomic E-state index is 10.3. The molecule has 1 saturated heterocycles. The Kier molecular flexibility index (Phi) is 7.25. The molecule has 0 radical (unpaired) electrons. The molecule has 0 bridgehead atoms. The Labute approximate surface area is 123 Å². The van der Waals surface area contributed by atoms with Crippen molar-refractivity contribution in [2.75, 3.05) is 6.54 Å². The zero-order valence-corrected chi connectivity index (χ0v) is 12.0. The number of carboxylic acids is 2. The average Bonchev–Trinajstić information content (AvgIpc) is 2.49. The summed E-state index contributed by atoms with van der Waals surface area (Å²) in [5.41, 5.74) is 0. The van der Waals surface area contributed by atoms with Gasteiger partial charge in [-0.1, -0.05) is 18.2 Å². The number of hydrogen-bond donors (Lipinski definition) is 2. The van der Waals surface area contributed by atoms with E-state index in [1.807, 2.05) is 11.4 Å². The van der Waals surface area contributed by atoms with Gasteiger partial charge in [0.25, 0.3) is 0 Å². The van der Waals surface area contributed by atoms with Gasteiger partial charge < -0.3 is 25.1 Å². The smallest absolute Gasteiger partial charge is 0.362 e. The van der Waals surface area contributed by atoms with Gasteiger partial charge in [-0.05, 0) is 31.9 Å². The van der Waals surface area contributed by atoms with E-state index in [-0.39, 0.29) is 6.04 Å². The predicted octanol–water partition coefficient (Wildman–Crippen LogP) is -0.609. The van der Waals surface area contributed by atoms with Crippen molar-refractivity contribution in [2.24, 2.45) is 0 Å². The normalized spacial score (nSPS) is 18.8. The Hall–Kier alpha value is -2.08. The fourth-order valence-electron chi connectivity index (χ4n) is 1.92. The summed E-state index contributed by atoms with van der Waals surface area (Å²) >= 11 is 0. The minimum Gasteiger partial charge on any atom is -0.546 e. The lowest BCUT2D eigenvalue weighted by molar-refractivity contribution is -0.685. The Morgan fingerprint density at radius 1 is 1.33 bits per heavy atom. The van der Waals surface area contributed by atoms with Crippen molar-refractivity contribution >= 4 is 11.9 Å². The topological polar surface area (TPSA) is 103 Å². The third kappa shape index (κ3) is 6.76. The molecule has 1 fully saturated rings. The zero-order valence-electron chi connectivity index (χ0n) is 12.0. The second kappa shape index (κ2) is 8.97. The number of benzene rings is 1. The summed E-state index contributed by atoms with van der Waals surface area (Å²) < 4.78 is 5.01. The summed E-state index contributed by atoms with van der Waals surface area (Å²) in [4.78, 5) is 20.6. The first-order chi connectivity index (χ1) is 10.0. The van der Waals surface area contributed by atoms with Gasteiger partial charge in [0.2, 0.25) is 0 Å². The minimum absolute atomic E-state index is 0.154. The van der Waals surface area contributed by atoms with Gasteiger partial charge in [-0.3, -0.25) is 0 Å². The van der Waals surface area contributed by atoms with E-state index in [0.717, 1.165) is 19.4 Å². The molecule has 0 aliphatic carbocycles. The van der Waals surface area contributed by atoms with Gasteiger partial charge in [-0.2, -0.15) is 0 Å². The van der Waals surface area contributed by atoms with E-state index in [1.165, 1.54) is 13.3 Å².